The number of nitrogens with zero attached hydrogens (tertiary/aromatic N) is 3. The molecule has 0 radical (unpaired) electrons. The Morgan fingerprint density at radius 2 is 2.10 bits per heavy atom. The van der Waals surface area contributed by atoms with Gasteiger partial charge in [-0.1, -0.05) is 35.1 Å². The van der Waals surface area contributed by atoms with Crippen LogP contribution >= 0.6 is 22.9 Å². The molecule has 0 saturated carbocycles. The first-order valence-electron chi connectivity index (χ1n) is 9.21. The minimum Gasteiger partial charge on any atom is -0.376 e. The summed E-state index contributed by atoms with van der Waals surface area (Å²) in [7, 11) is 0. The fraction of sp³-hybridized carbons (Fsp3) is 0.300. The van der Waals surface area contributed by atoms with Crippen molar-refractivity contribution in [3.05, 3.63) is 63.2 Å². The van der Waals surface area contributed by atoms with Gasteiger partial charge in [-0.15, -0.1) is 0 Å². The molecule has 1 aromatic heterocycles. The maximum absolute atomic E-state index is 13.1. The number of ether oxygens (including phenoxy) is 1. The number of halogens is 1. The molecular formula is C20H18ClN3O4S. The smallest absolute Gasteiger partial charge is 0.269 e. The van der Waals surface area contributed by atoms with E-state index in [1.807, 2.05) is 12.1 Å². The van der Waals surface area contributed by atoms with Crippen LogP contribution in [0.1, 0.15) is 18.4 Å². The number of rotatable bonds is 6. The van der Waals surface area contributed by atoms with Gasteiger partial charge in [0.2, 0.25) is 5.91 Å². The number of fused-ring (bicyclic) bond motifs is 1. The van der Waals surface area contributed by atoms with E-state index in [4.69, 9.17) is 16.3 Å². The van der Waals surface area contributed by atoms with Crippen LogP contribution in [-0.2, 0) is 16.0 Å². The zero-order valence-electron chi connectivity index (χ0n) is 15.4. The van der Waals surface area contributed by atoms with E-state index in [-0.39, 0.29) is 24.1 Å². The second-order valence-electron chi connectivity index (χ2n) is 6.85. The first kappa shape index (κ1) is 19.8. The quantitative estimate of drug-likeness (QED) is 0.420. The number of anilines is 1. The summed E-state index contributed by atoms with van der Waals surface area (Å²) in [4.78, 5) is 29.8. The van der Waals surface area contributed by atoms with Crippen LogP contribution in [0, 0.1) is 10.1 Å². The summed E-state index contributed by atoms with van der Waals surface area (Å²) < 4.78 is 6.64. The molecule has 9 heteroatoms. The summed E-state index contributed by atoms with van der Waals surface area (Å²) in [6, 6.07) is 11.5. The number of carbonyl (C=O) groups excluding carboxylic acids is 1. The molecule has 150 valence electrons. The first-order chi connectivity index (χ1) is 14.0. The Hall–Kier alpha value is -2.55. The van der Waals surface area contributed by atoms with E-state index in [2.05, 4.69) is 4.98 Å². The highest BCUT2D eigenvalue weighted by molar-refractivity contribution is 7.22. The monoisotopic (exact) mass is 431 g/mol. The number of nitro benzene ring substituents is 1. The second-order valence-corrected chi connectivity index (χ2v) is 8.29. The molecule has 2 aromatic carbocycles. The van der Waals surface area contributed by atoms with Crippen molar-refractivity contribution in [3.63, 3.8) is 0 Å². The number of nitro groups is 1. The Labute approximate surface area is 176 Å². The maximum Gasteiger partial charge on any atom is 0.269 e. The van der Waals surface area contributed by atoms with E-state index >= 15 is 0 Å². The molecule has 3 aromatic rings. The predicted molar refractivity (Wildman–Crippen MR) is 113 cm³/mol. The number of amides is 1. The van der Waals surface area contributed by atoms with Crippen molar-refractivity contribution in [1.29, 1.82) is 0 Å². The van der Waals surface area contributed by atoms with Crippen molar-refractivity contribution in [2.24, 2.45) is 0 Å². The Bertz CT molecular complexity index is 1050. The molecule has 1 saturated heterocycles. The van der Waals surface area contributed by atoms with Crippen molar-refractivity contribution in [1.82, 2.24) is 4.98 Å². The zero-order chi connectivity index (χ0) is 20.4. The molecule has 2 heterocycles. The normalized spacial score (nSPS) is 16.2. The van der Waals surface area contributed by atoms with Crippen LogP contribution in [0.25, 0.3) is 10.2 Å². The standard InChI is InChI=1S/C20H18ClN3O4S/c21-14-5-8-17-18(11-14)29-20(22-17)23(12-16-2-1-9-28-16)19(25)10-13-3-6-15(7-4-13)24(26)27/h3-8,11,16H,1-2,9-10,12H2. The summed E-state index contributed by atoms with van der Waals surface area (Å²) in [6.45, 7) is 1.13. The van der Waals surface area contributed by atoms with Crippen molar-refractivity contribution in [3.8, 4) is 0 Å². The number of thiazole rings is 1. The maximum atomic E-state index is 13.1. The Morgan fingerprint density at radius 3 is 2.79 bits per heavy atom. The van der Waals surface area contributed by atoms with E-state index in [0.717, 1.165) is 23.1 Å². The van der Waals surface area contributed by atoms with Crippen LogP contribution in [0.2, 0.25) is 5.02 Å². The molecule has 1 fully saturated rings. The van der Waals surface area contributed by atoms with Gasteiger partial charge in [-0.05, 0) is 36.6 Å². The van der Waals surface area contributed by atoms with Crippen molar-refractivity contribution < 1.29 is 14.5 Å². The van der Waals surface area contributed by atoms with Crippen LogP contribution in [0.15, 0.2) is 42.5 Å². The van der Waals surface area contributed by atoms with Crippen molar-refractivity contribution >= 4 is 49.9 Å². The fourth-order valence-electron chi connectivity index (χ4n) is 3.29. The van der Waals surface area contributed by atoms with E-state index in [1.54, 1.807) is 23.1 Å². The minimum atomic E-state index is -0.457. The Balaban J connectivity index is 1.59. The van der Waals surface area contributed by atoms with Gasteiger partial charge in [0.05, 0.1) is 34.2 Å². The summed E-state index contributed by atoms with van der Waals surface area (Å²) in [6.07, 6.45) is 1.98. The van der Waals surface area contributed by atoms with Gasteiger partial charge in [-0.2, -0.15) is 0 Å². The van der Waals surface area contributed by atoms with Crippen LogP contribution in [-0.4, -0.2) is 35.1 Å². The minimum absolute atomic E-state index is 0.000428. The second kappa shape index (κ2) is 8.44. The third kappa shape index (κ3) is 4.55. The number of aromatic nitrogens is 1. The summed E-state index contributed by atoms with van der Waals surface area (Å²) in [5.74, 6) is -0.125. The molecule has 1 aliphatic heterocycles. The SMILES string of the molecule is O=C(Cc1ccc([N+](=O)[O-])cc1)N(CC1CCCO1)c1nc2ccc(Cl)cc2s1. The highest BCUT2D eigenvalue weighted by atomic mass is 35.5. The number of hydrogen-bond acceptors (Lipinski definition) is 6. The van der Waals surface area contributed by atoms with E-state index in [0.29, 0.717) is 28.9 Å². The largest absolute Gasteiger partial charge is 0.376 e. The van der Waals surface area contributed by atoms with Crippen LogP contribution in [0.3, 0.4) is 0 Å². The Kier molecular flexibility index (Phi) is 5.75. The molecule has 0 aliphatic carbocycles. The molecule has 7 nitrogen and oxygen atoms in total. The lowest BCUT2D eigenvalue weighted by atomic mass is 10.1. The lowest BCUT2D eigenvalue weighted by molar-refractivity contribution is -0.384. The number of benzene rings is 2. The average molecular weight is 432 g/mol. The molecule has 1 amide bonds. The van der Waals surface area contributed by atoms with Crippen LogP contribution in [0.4, 0.5) is 10.8 Å². The third-order valence-electron chi connectivity index (χ3n) is 4.78. The van der Waals surface area contributed by atoms with Crippen LogP contribution < -0.4 is 4.90 Å². The van der Waals surface area contributed by atoms with E-state index < -0.39 is 4.92 Å². The molecule has 0 bridgehead atoms. The molecular weight excluding hydrogens is 414 g/mol. The topological polar surface area (TPSA) is 85.6 Å². The van der Waals surface area contributed by atoms with Gasteiger partial charge in [0.15, 0.2) is 5.13 Å². The van der Waals surface area contributed by atoms with E-state index in [1.165, 1.54) is 23.5 Å². The zero-order valence-corrected chi connectivity index (χ0v) is 17.0. The van der Waals surface area contributed by atoms with Gasteiger partial charge < -0.3 is 4.74 Å². The average Bonchev–Trinajstić information content (AvgIpc) is 3.35. The molecule has 4 rings (SSSR count). The molecule has 1 atom stereocenters. The fourth-order valence-corrected chi connectivity index (χ4v) is 4.55. The molecule has 1 unspecified atom stereocenters. The lowest BCUT2D eigenvalue weighted by Crippen LogP contribution is -2.38. The number of hydrogen-bond donors (Lipinski definition) is 0. The van der Waals surface area contributed by atoms with Gasteiger partial charge >= 0.3 is 0 Å². The third-order valence-corrected chi connectivity index (χ3v) is 6.06. The summed E-state index contributed by atoms with van der Waals surface area (Å²) in [5, 5.41) is 12.1. The molecule has 0 N–H and O–H groups in total. The highest BCUT2D eigenvalue weighted by Crippen LogP contribution is 2.32. The van der Waals surface area contributed by atoms with Gasteiger partial charge in [0.25, 0.3) is 5.69 Å². The summed E-state index contributed by atoms with van der Waals surface area (Å²) in [5.41, 5.74) is 1.50. The van der Waals surface area contributed by atoms with Gasteiger partial charge in [0.1, 0.15) is 0 Å². The predicted octanol–water partition coefficient (Wildman–Crippen LogP) is 4.61. The highest BCUT2D eigenvalue weighted by Gasteiger charge is 2.26. The summed E-state index contributed by atoms with van der Waals surface area (Å²) >= 11 is 7.49. The first-order valence-corrected chi connectivity index (χ1v) is 10.4. The van der Waals surface area contributed by atoms with Gasteiger partial charge in [-0.3, -0.25) is 19.8 Å². The van der Waals surface area contributed by atoms with Crippen molar-refractivity contribution in [2.75, 3.05) is 18.1 Å². The molecule has 29 heavy (non-hydrogen) atoms. The van der Waals surface area contributed by atoms with Crippen LogP contribution in [0.5, 0.6) is 0 Å². The van der Waals surface area contributed by atoms with Gasteiger partial charge in [0, 0.05) is 23.8 Å². The molecule has 1 aliphatic rings. The Morgan fingerprint density at radius 1 is 1.31 bits per heavy atom. The molecule has 0 spiro atoms. The van der Waals surface area contributed by atoms with E-state index in [9.17, 15) is 14.9 Å². The van der Waals surface area contributed by atoms with Gasteiger partial charge in [-0.25, -0.2) is 4.98 Å². The van der Waals surface area contributed by atoms with Crippen molar-refractivity contribution in [2.45, 2.75) is 25.4 Å². The number of non-ortho nitro benzene ring substituents is 1. The lowest BCUT2D eigenvalue weighted by Gasteiger charge is -2.23. The number of carbonyl (C=O) groups is 1.